The minimum atomic E-state index is -0.542. The molecule has 0 aliphatic carbocycles. The van der Waals surface area contributed by atoms with Crippen LogP contribution < -0.4 is 5.32 Å². The van der Waals surface area contributed by atoms with Crippen LogP contribution in [0.25, 0.3) is 10.9 Å². The predicted octanol–water partition coefficient (Wildman–Crippen LogP) is 2.88. The SMILES string of the molecule is O=C(Cc1c[nH]c2ccccc12)Nc1ccncc1F. The standard InChI is InChI=1S/C15H12FN3O/c16-12-9-17-6-5-14(12)19-15(20)7-10-8-18-13-4-2-1-3-11(10)13/h1-6,8-9,18H,7H2,(H,17,19,20). The molecule has 20 heavy (non-hydrogen) atoms. The van der Waals surface area contributed by atoms with Gasteiger partial charge in [-0.1, -0.05) is 18.2 Å². The fraction of sp³-hybridized carbons (Fsp3) is 0.0667. The monoisotopic (exact) mass is 269 g/mol. The molecule has 1 amide bonds. The molecule has 100 valence electrons. The van der Waals surface area contributed by atoms with Gasteiger partial charge in [0.25, 0.3) is 0 Å². The van der Waals surface area contributed by atoms with E-state index in [4.69, 9.17) is 0 Å². The van der Waals surface area contributed by atoms with E-state index >= 15 is 0 Å². The number of nitrogens with one attached hydrogen (secondary N) is 2. The van der Waals surface area contributed by atoms with Crippen LogP contribution >= 0.6 is 0 Å². The van der Waals surface area contributed by atoms with Gasteiger partial charge in [0.05, 0.1) is 18.3 Å². The number of amides is 1. The third-order valence-corrected chi connectivity index (χ3v) is 3.07. The number of hydrogen-bond acceptors (Lipinski definition) is 2. The van der Waals surface area contributed by atoms with Crippen LogP contribution in [0.1, 0.15) is 5.56 Å². The molecule has 0 bridgehead atoms. The predicted molar refractivity (Wildman–Crippen MR) is 74.8 cm³/mol. The third kappa shape index (κ3) is 2.38. The first-order valence-corrected chi connectivity index (χ1v) is 6.18. The Morgan fingerprint density at radius 3 is 3.00 bits per heavy atom. The summed E-state index contributed by atoms with van der Waals surface area (Å²) in [6.07, 6.45) is 4.49. The Morgan fingerprint density at radius 2 is 2.15 bits per heavy atom. The van der Waals surface area contributed by atoms with Crippen LogP contribution in [-0.2, 0) is 11.2 Å². The van der Waals surface area contributed by atoms with Crippen LogP contribution in [0.3, 0.4) is 0 Å². The van der Waals surface area contributed by atoms with Crippen LogP contribution in [0.2, 0.25) is 0 Å². The molecule has 0 saturated heterocycles. The van der Waals surface area contributed by atoms with Crippen molar-refractivity contribution in [3.8, 4) is 0 Å². The zero-order valence-electron chi connectivity index (χ0n) is 10.6. The summed E-state index contributed by atoms with van der Waals surface area (Å²) in [7, 11) is 0. The summed E-state index contributed by atoms with van der Waals surface area (Å²) in [6, 6.07) is 9.17. The molecule has 2 aromatic heterocycles. The Balaban J connectivity index is 1.78. The lowest BCUT2D eigenvalue weighted by atomic mass is 10.1. The van der Waals surface area contributed by atoms with Gasteiger partial charge >= 0.3 is 0 Å². The zero-order chi connectivity index (χ0) is 13.9. The van der Waals surface area contributed by atoms with Gasteiger partial charge in [-0.3, -0.25) is 9.78 Å². The van der Waals surface area contributed by atoms with Crippen LogP contribution in [0.15, 0.2) is 48.9 Å². The molecule has 0 atom stereocenters. The smallest absolute Gasteiger partial charge is 0.228 e. The number of carbonyl (C=O) groups is 1. The Morgan fingerprint density at radius 1 is 1.30 bits per heavy atom. The maximum atomic E-state index is 13.4. The van der Waals surface area contributed by atoms with Gasteiger partial charge in [0.2, 0.25) is 5.91 Å². The number of H-pyrrole nitrogens is 1. The van der Waals surface area contributed by atoms with E-state index in [1.54, 1.807) is 6.20 Å². The maximum Gasteiger partial charge on any atom is 0.228 e. The summed E-state index contributed by atoms with van der Waals surface area (Å²) in [6.45, 7) is 0. The number of halogens is 1. The molecule has 0 saturated carbocycles. The highest BCUT2D eigenvalue weighted by molar-refractivity contribution is 5.95. The molecule has 2 N–H and O–H groups in total. The van der Waals surface area contributed by atoms with Gasteiger partial charge < -0.3 is 10.3 Å². The number of pyridine rings is 1. The lowest BCUT2D eigenvalue weighted by molar-refractivity contribution is -0.115. The van der Waals surface area contributed by atoms with E-state index in [0.717, 1.165) is 22.7 Å². The fourth-order valence-corrected chi connectivity index (χ4v) is 2.12. The summed E-state index contributed by atoms with van der Waals surface area (Å²) in [5.74, 6) is -0.806. The molecule has 0 unspecified atom stereocenters. The Labute approximate surface area is 114 Å². The van der Waals surface area contributed by atoms with Gasteiger partial charge in [0.15, 0.2) is 5.82 Å². The summed E-state index contributed by atoms with van der Waals surface area (Å²) in [5, 5.41) is 3.54. The number of nitrogens with zero attached hydrogens (tertiary/aromatic N) is 1. The summed E-state index contributed by atoms with van der Waals surface area (Å²) < 4.78 is 13.4. The molecule has 3 rings (SSSR count). The van der Waals surface area contributed by atoms with Crippen molar-refractivity contribution in [2.45, 2.75) is 6.42 Å². The third-order valence-electron chi connectivity index (χ3n) is 3.07. The number of hydrogen-bond donors (Lipinski definition) is 2. The van der Waals surface area contributed by atoms with Gasteiger partial charge in [-0.05, 0) is 17.7 Å². The molecule has 0 fully saturated rings. The van der Waals surface area contributed by atoms with Crippen LogP contribution in [0.5, 0.6) is 0 Å². The quantitative estimate of drug-likeness (QED) is 0.768. The molecule has 1 aromatic carbocycles. The lowest BCUT2D eigenvalue weighted by Gasteiger charge is -2.05. The number of carbonyl (C=O) groups excluding carboxylic acids is 1. The second-order valence-electron chi connectivity index (χ2n) is 4.44. The number of aromatic nitrogens is 2. The van der Waals surface area contributed by atoms with Crippen molar-refractivity contribution in [3.05, 3.63) is 60.3 Å². The molecule has 0 aliphatic heterocycles. The highest BCUT2D eigenvalue weighted by atomic mass is 19.1. The number of anilines is 1. The van der Waals surface area contributed by atoms with E-state index in [2.05, 4.69) is 15.3 Å². The fourth-order valence-electron chi connectivity index (χ4n) is 2.12. The maximum absolute atomic E-state index is 13.4. The Bertz CT molecular complexity index is 766. The van der Waals surface area contributed by atoms with Crippen molar-refractivity contribution in [2.24, 2.45) is 0 Å². The van der Waals surface area contributed by atoms with Gasteiger partial charge in [0, 0.05) is 23.3 Å². The number of rotatable bonds is 3. The molecule has 0 aliphatic rings. The number of para-hydroxylation sites is 1. The van der Waals surface area contributed by atoms with E-state index < -0.39 is 5.82 Å². The zero-order valence-corrected chi connectivity index (χ0v) is 10.6. The summed E-state index contributed by atoms with van der Waals surface area (Å²) in [5.41, 5.74) is 2.00. The van der Waals surface area contributed by atoms with E-state index in [-0.39, 0.29) is 18.0 Å². The topological polar surface area (TPSA) is 57.8 Å². The Hall–Kier alpha value is -2.69. The normalized spacial score (nSPS) is 10.7. The van der Waals surface area contributed by atoms with Crippen molar-refractivity contribution < 1.29 is 9.18 Å². The first kappa shape index (κ1) is 12.3. The number of fused-ring (bicyclic) bond motifs is 1. The van der Waals surface area contributed by atoms with Gasteiger partial charge in [-0.15, -0.1) is 0 Å². The highest BCUT2D eigenvalue weighted by Crippen LogP contribution is 2.19. The van der Waals surface area contributed by atoms with Crippen molar-refractivity contribution in [3.63, 3.8) is 0 Å². The molecule has 0 spiro atoms. The van der Waals surface area contributed by atoms with E-state index in [0.29, 0.717) is 0 Å². The molecule has 0 radical (unpaired) electrons. The van der Waals surface area contributed by atoms with Crippen molar-refractivity contribution in [1.82, 2.24) is 9.97 Å². The number of aromatic amines is 1. The van der Waals surface area contributed by atoms with Gasteiger partial charge in [0.1, 0.15) is 0 Å². The first-order valence-electron chi connectivity index (χ1n) is 6.18. The van der Waals surface area contributed by atoms with Gasteiger partial charge in [-0.2, -0.15) is 0 Å². The average molecular weight is 269 g/mol. The molecular formula is C15H12FN3O. The molecule has 4 nitrogen and oxygen atoms in total. The van der Waals surface area contributed by atoms with Crippen LogP contribution in [0, 0.1) is 5.82 Å². The Kier molecular flexibility index (Phi) is 3.16. The molecule has 5 heteroatoms. The van der Waals surface area contributed by atoms with E-state index in [9.17, 15) is 9.18 Å². The largest absolute Gasteiger partial charge is 0.361 e. The van der Waals surface area contributed by atoms with Crippen molar-refractivity contribution >= 4 is 22.5 Å². The summed E-state index contributed by atoms with van der Waals surface area (Å²) in [4.78, 5) is 18.7. The molecule has 2 heterocycles. The van der Waals surface area contributed by atoms with E-state index in [1.807, 2.05) is 24.3 Å². The first-order chi connectivity index (χ1) is 9.74. The second kappa shape index (κ2) is 5.13. The highest BCUT2D eigenvalue weighted by Gasteiger charge is 2.10. The van der Waals surface area contributed by atoms with Crippen molar-refractivity contribution in [1.29, 1.82) is 0 Å². The molecular weight excluding hydrogens is 257 g/mol. The van der Waals surface area contributed by atoms with Crippen molar-refractivity contribution in [2.75, 3.05) is 5.32 Å². The minimum absolute atomic E-state index is 0.143. The minimum Gasteiger partial charge on any atom is -0.361 e. The lowest BCUT2D eigenvalue weighted by Crippen LogP contribution is -2.15. The number of benzene rings is 1. The second-order valence-corrected chi connectivity index (χ2v) is 4.44. The van der Waals surface area contributed by atoms with Gasteiger partial charge in [-0.25, -0.2) is 4.39 Å². The molecule has 3 aromatic rings. The average Bonchev–Trinajstić information content (AvgIpc) is 2.85. The van der Waals surface area contributed by atoms with E-state index in [1.165, 1.54) is 12.3 Å². The summed E-state index contributed by atoms with van der Waals surface area (Å²) >= 11 is 0. The van der Waals surface area contributed by atoms with Crippen LogP contribution in [0.4, 0.5) is 10.1 Å². The van der Waals surface area contributed by atoms with Crippen LogP contribution in [-0.4, -0.2) is 15.9 Å².